The van der Waals surface area contributed by atoms with E-state index >= 15 is 0 Å². The summed E-state index contributed by atoms with van der Waals surface area (Å²) in [4.78, 5) is 17.7. The summed E-state index contributed by atoms with van der Waals surface area (Å²) in [6, 6.07) is 10.0. The molecule has 1 unspecified atom stereocenters. The predicted octanol–water partition coefficient (Wildman–Crippen LogP) is 3.66. The van der Waals surface area contributed by atoms with Crippen LogP contribution in [0.3, 0.4) is 0 Å². The van der Waals surface area contributed by atoms with Gasteiger partial charge in [0.2, 0.25) is 10.0 Å². The van der Waals surface area contributed by atoms with E-state index in [0.717, 1.165) is 22.3 Å². The summed E-state index contributed by atoms with van der Waals surface area (Å²) in [5.74, 6) is 1.08. The largest absolute Gasteiger partial charge is 0.305 e. The molecule has 0 N–H and O–H groups in total. The number of fused-ring (bicyclic) bond motifs is 1. The summed E-state index contributed by atoms with van der Waals surface area (Å²) in [6.45, 7) is 0.555. The van der Waals surface area contributed by atoms with Gasteiger partial charge in [-0.1, -0.05) is 28.9 Å². The second-order valence-corrected chi connectivity index (χ2v) is 10.8. The number of benzene rings is 2. The Labute approximate surface area is 194 Å². The molecule has 0 radical (unpaired) electrons. The minimum Gasteiger partial charge on any atom is -0.305 e. The molecule has 32 heavy (non-hydrogen) atoms. The number of rotatable bonds is 4. The number of thiazole rings is 1. The van der Waals surface area contributed by atoms with Crippen molar-refractivity contribution in [3.05, 3.63) is 58.1 Å². The topological polar surface area (TPSA) is 71.7 Å². The zero-order valence-electron chi connectivity index (χ0n) is 16.9. The molecule has 1 fully saturated rings. The lowest BCUT2D eigenvalue weighted by Gasteiger charge is -2.30. The number of halogens is 2. The molecule has 2 aromatic carbocycles. The molecule has 1 amide bonds. The lowest BCUT2D eigenvalue weighted by Crippen LogP contribution is -2.42. The second kappa shape index (κ2) is 9.16. The maximum absolute atomic E-state index is 13.2. The van der Waals surface area contributed by atoms with Crippen LogP contribution < -0.4 is 4.80 Å². The van der Waals surface area contributed by atoms with E-state index in [1.807, 2.05) is 6.07 Å². The average molecular weight is 492 g/mol. The van der Waals surface area contributed by atoms with Gasteiger partial charge in [-0.3, -0.25) is 4.79 Å². The van der Waals surface area contributed by atoms with E-state index in [-0.39, 0.29) is 18.0 Å². The van der Waals surface area contributed by atoms with E-state index < -0.39 is 27.7 Å². The van der Waals surface area contributed by atoms with E-state index in [2.05, 4.69) is 10.9 Å². The molecule has 0 spiro atoms. The number of aromatic nitrogens is 1. The van der Waals surface area contributed by atoms with Crippen molar-refractivity contribution >= 4 is 49.1 Å². The molecule has 1 aliphatic heterocycles. The standard InChI is InChI=1S/C22H19ClFN3O3S2/c1-2-11-27-19-10-5-16(23)13-20(19)31-22(27)25-21(28)15-4-3-12-26(14-15)32(29,30)18-8-6-17(24)7-9-18/h1,5-10,13,15H,3-4,11-12,14H2. The first-order valence-corrected chi connectivity index (χ1v) is 12.5. The summed E-state index contributed by atoms with van der Waals surface area (Å²) in [6.07, 6.45) is 6.56. The van der Waals surface area contributed by atoms with Crippen molar-refractivity contribution in [2.24, 2.45) is 10.9 Å². The van der Waals surface area contributed by atoms with Gasteiger partial charge in [0.15, 0.2) is 4.80 Å². The molecular weight excluding hydrogens is 473 g/mol. The molecule has 1 atom stereocenters. The number of sulfonamides is 1. The summed E-state index contributed by atoms with van der Waals surface area (Å²) >= 11 is 7.38. The van der Waals surface area contributed by atoms with Crippen LogP contribution in [0.4, 0.5) is 4.39 Å². The van der Waals surface area contributed by atoms with Crippen LogP contribution in [0.1, 0.15) is 12.8 Å². The molecule has 0 aliphatic carbocycles. The molecule has 6 nitrogen and oxygen atoms in total. The van der Waals surface area contributed by atoms with E-state index in [1.165, 1.54) is 27.8 Å². The van der Waals surface area contributed by atoms with Gasteiger partial charge in [-0.05, 0) is 55.3 Å². The molecule has 166 valence electrons. The third kappa shape index (κ3) is 4.50. The normalized spacial score (nSPS) is 18.0. The van der Waals surface area contributed by atoms with Crippen LogP contribution in [0.5, 0.6) is 0 Å². The fraction of sp³-hybridized carbons (Fsp3) is 0.273. The van der Waals surface area contributed by atoms with Crippen molar-refractivity contribution in [2.75, 3.05) is 13.1 Å². The highest BCUT2D eigenvalue weighted by Crippen LogP contribution is 2.25. The summed E-state index contributed by atoms with van der Waals surface area (Å²) < 4.78 is 43.0. The van der Waals surface area contributed by atoms with E-state index in [0.29, 0.717) is 29.2 Å². The van der Waals surface area contributed by atoms with E-state index in [9.17, 15) is 17.6 Å². The number of carbonyl (C=O) groups is 1. The van der Waals surface area contributed by atoms with Crippen LogP contribution in [-0.4, -0.2) is 36.3 Å². The Kier molecular flexibility index (Phi) is 6.49. The van der Waals surface area contributed by atoms with Gasteiger partial charge in [0.1, 0.15) is 5.82 Å². The summed E-state index contributed by atoms with van der Waals surface area (Å²) in [5.41, 5.74) is 0.827. The fourth-order valence-corrected chi connectivity index (χ4v) is 6.51. The maximum atomic E-state index is 13.2. The monoisotopic (exact) mass is 491 g/mol. The lowest BCUT2D eigenvalue weighted by atomic mass is 9.99. The molecule has 0 saturated carbocycles. The molecule has 3 aromatic rings. The van der Waals surface area contributed by atoms with Crippen molar-refractivity contribution in [2.45, 2.75) is 24.3 Å². The predicted molar refractivity (Wildman–Crippen MR) is 122 cm³/mol. The minimum atomic E-state index is -3.83. The van der Waals surface area contributed by atoms with Crippen molar-refractivity contribution in [1.29, 1.82) is 0 Å². The SMILES string of the molecule is C#CCn1c(=NC(=O)C2CCCN(S(=O)(=O)c3ccc(F)cc3)C2)sc2cc(Cl)ccc21. The van der Waals surface area contributed by atoms with Crippen LogP contribution in [0.15, 0.2) is 52.4 Å². The highest BCUT2D eigenvalue weighted by molar-refractivity contribution is 7.89. The molecule has 0 bridgehead atoms. The van der Waals surface area contributed by atoms with Gasteiger partial charge in [-0.25, -0.2) is 12.8 Å². The highest BCUT2D eigenvalue weighted by Gasteiger charge is 2.33. The number of nitrogens with zero attached hydrogens (tertiary/aromatic N) is 3. The van der Waals surface area contributed by atoms with Crippen LogP contribution in [0.2, 0.25) is 5.02 Å². The van der Waals surface area contributed by atoms with Gasteiger partial charge in [0, 0.05) is 18.1 Å². The smallest absolute Gasteiger partial charge is 0.252 e. The number of terminal acetylenes is 1. The number of carbonyl (C=O) groups excluding carboxylic acids is 1. The minimum absolute atomic E-state index is 0.00261. The van der Waals surface area contributed by atoms with Gasteiger partial charge >= 0.3 is 0 Å². The number of amides is 1. The lowest BCUT2D eigenvalue weighted by molar-refractivity contribution is -0.122. The molecule has 1 aliphatic rings. The third-order valence-corrected chi connectivity index (χ3v) is 8.44. The van der Waals surface area contributed by atoms with Gasteiger partial charge < -0.3 is 4.57 Å². The van der Waals surface area contributed by atoms with Crippen LogP contribution in [-0.2, 0) is 21.4 Å². The zero-order chi connectivity index (χ0) is 22.9. The van der Waals surface area contributed by atoms with Crippen LogP contribution >= 0.6 is 22.9 Å². The summed E-state index contributed by atoms with van der Waals surface area (Å²) in [5, 5.41) is 0.568. The average Bonchev–Trinajstić information content (AvgIpc) is 3.10. The Morgan fingerprint density at radius 3 is 2.75 bits per heavy atom. The van der Waals surface area contributed by atoms with E-state index in [4.69, 9.17) is 18.0 Å². The van der Waals surface area contributed by atoms with E-state index in [1.54, 1.807) is 16.7 Å². The molecule has 1 aromatic heterocycles. The zero-order valence-corrected chi connectivity index (χ0v) is 19.3. The van der Waals surface area contributed by atoms with Crippen molar-refractivity contribution in [3.8, 4) is 12.3 Å². The third-order valence-electron chi connectivity index (χ3n) is 5.28. The summed E-state index contributed by atoms with van der Waals surface area (Å²) in [7, 11) is -3.83. The Hall–Kier alpha value is -2.51. The molecule has 4 rings (SSSR count). The molecule has 2 heterocycles. The molecule has 10 heteroatoms. The highest BCUT2D eigenvalue weighted by atomic mass is 35.5. The van der Waals surface area contributed by atoms with Crippen molar-refractivity contribution < 1.29 is 17.6 Å². The second-order valence-electron chi connectivity index (χ2n) is 7.39. The van der Waals surface area contributed by atoms with Crippen molar-refractivity contribution in [3.63, 3.8) is 0 Å². The molecular formula is C22H19ClFN3O3S2. The number of hydrogen-bond acceptors (Lipinski definition) is 4. The first kappa shape index (κ1) is 22.7. The fourth-order valence-electron chi connectivity index (χ4n) is 3.68. The quantitative estimate of drug-likeness (QED) is 0.523. The first-order chi connectivity index (χ1) is 15.3. The Morgan fingerprint density at radius 2 is 2.03 bits per heavy atom. The Balaban J connectivity index is 1.63. The first-order valence-electron chi connectivity index (χ1n) is 9.86. The van der Waals surface area contributed by atoms with Crippen LogP contribution in [0, 0.1) is 24.1 Å². The van der Waals surface area contributed by atoms with Crippen LogP contribution in [0.25, 0.3) is 10.2 Å². The Bertz CT molecular complexity index is 1390. The van der Waals surface area contributed by atoms with Gasteiger partial charge in [-0.15, -0.1) is 6.42 Å². The van der Waals surface area contributed by atoms with Crippen molar-refractivity contribution in [1.82, 2.24) is 8.87 Å². The molecule has 1 saturated heterocycles. The Morgan fingerprint density at radius 1 is 1.28 bits per heavy atom. The number of hydrogen-bond donors (Lipinski definition) is 0. The number of piperidine rings is 1. The van der Waals surface area contributed by atoms with Gasteiger partial charge in [0.25, 0.3) is 5.91 Å². The van der Waals surface area contributed by atoms with Gasteiger partial charge in [0.05, 0.1) is 27.6 Å². The maximum Gasteiger partial charge on any atom is 0.252 e. The van der Waals surface area contributed by atoms with Gasteiger partial charge in [-0.2, -0.15) is 9.30 Å².